The molecule has 7 heteroatoms. The van der Waals surface area contributed by atoms with Crippen molar-refractivity contribution in [1.82, 2.24) is 19.1 Å². The van der Waals surface area contributed by atoms with Gasteiger partial charge in [-0.3, -0.25) is 0 Å². The van der Waals surface area contributed by atoms with Gasteiger partial charge in [-0.25, -0.2) is 20.0 Å². The Balaban J connectivity index is 0.000000193. The molecule has 0 radical (unpaired) electrons. The van der Waals surface area contributed by atoms with Gasteiger partial charge < -0.3 is 14.2 Å². The van der Waals surface area contributed by atoms with Crippen LogP contribution < -0.4 is 0 Å². The molecule has 332 valence electrons. The van der Waals surface area contributed by atoms with E-state index in [4.69, 9.17) is 9.98 Å². The van der Waals surface area contributed by atoms with E-state index in [2.05, 4.69) is 114 Å². The van der Waals surface area contributed by atoms with Crippen LogP contribution in [0.2, 0.25) is 0 Å². The summed E-state index contributed by atoms with van der Waals surface area (Å²) in [7, 11) is 3.87. The number of aromatic nitrogens is 4. The average molecular weight is 877 g/mol. The Bertz CT molecular complexity index is 3230. The Morgan fingerprint density at radius 2 is 0.940 bits per heavy atom. The molecule has 67 heavy (non-hydrogen) atoms. The van der Waals surface area contributed by atoms with Crippen LogP contribution in [0.1, 0.15) is 66.5 Å². The summed E-state index contributed by atoms with van der Waals surface area (Å²) < 4.78 is 3.78. The number of aliphatic hydroxyl groups is 1. The zero-order valence-electron chi connectivity index (χ0n) is 36.6. The van der Waals surface area contributed by atoms with Crippen molar-refractivity contribution in [3.8, 4) is 0 Å². The van der Waals surface area contributed by atoms with Crippen molar-refractivity contribution in [1.29, 1.82) is 0 Å². The van der Waals surface area contributed by atoms with Crippen LogP contribution in [0.4, 0.5) is 11.4 Å². The van der Waals surface area contributed by atoms with Crippen LogP contribution in [0.3, 0.4) is 0 Å². The van der Waals surface area contributed by atoms with E-state index in [-0.39, 0.29) is 14.9 Å². The lowest BCUT2D eigenvalue weighted by Gasteiger charge is -2.23. The third-order valence-electron chi connectivity index (χ3n) is 11.5. The van der Waals surface area contributed by atoms with E-state index in [1.54, 1.807) is 19.6 Å². The molecular formula is C60H56N6O. The number of nitrogens with zero attached hydrogens (tertiary/aromatic N) is 6. The first-order valence-electron chi connectivity index (χ1n) is 21.5. The third kappa shape index (κ3) is 10.3. The first kappa shape index (κ1) is 46.7. The van der Waals surface area contributed by atoms with E-state index in [1.807, 2.05) is 133 Å². The molecule has 0 bridgehead atoms. The second kappa shape index (κ2) is 20.7. The van der Waals surface area contributed by atoms with Crippen LogP contribution in [-0.2, 0) is 19.7 Å². The van der Waals surface area contributed by atoms with Crippen LogP contribution in [0.15, 0.2) is 236 Å². The number of aryl methyl sites for hydroxylation is 2. The van der Waals surface area contributed by atoms with Gasteiger partial charge >= 0.3 is 0 Å². The minimum absolute atomic E-state index is 0. The molecule has 0 spiro atoms. The van der Waals surface area contributed by atoms with Crippen LogP contribution in [0.5, 0.6) is 0 Å². The smallest absolute Gasteiger partial charge is 0.131 e. The lowest BCUT2D eigenvalue weighted by atomic mass is 9.88. The predicted octanol–water partition coefficient (Wildman–Crippen LogP) is 14.1. The van der Waals surface area contributed by atoms with Crippen molar-refractivity contribution in [2.45, 2.75) is 27.4 Å². The molecule has 2 aromatic heterocycles. The van der Waals surface area contributed by atoms with Gasteiger partial charge in [0.1, 0.15) is 5.60 Å². The molecule has 1 atom stereocenters. The lowest BCUT2D eigenvalue weighted by Crippen LogP contribution is -2.23. The second-order valence-corrected chi connectivity index (χ2v) is 16.2. The molecule has 0 saturated heterocycles. The Labute approximate surface area is 394 Å². The molecule has 10 rings (SSSR count). The van der Waals surface area contributed by atoms with Crippen LogP contribution in [0, 0.1) is 0 Å². The Morgan fingerprint density at radius 1 is 0.507 bits per heavy atom. The van der Waals surface area contributed by atoms with Crippen LogP contribution in [0.25, 0.3) is 27.1 Å². The van der Waals surface area contributed by atoms with Crippen molar-refractivity contribution in [2.75, 3.05) is 0 Å². The van der Waals surface area contributed by atoms with Gasteiger partial charge in [0.05, 0.1) is 46.8 Å². The zero-order chi connectivity index (χ0) is 44.8. The van der Waals surface area contributed by atoms with Crippen molar-refractivity contribution in [2.24, 2.45) is 24.1 Å². The summed E-state index contributed by atoms with van der Waals surface area (Å²) in [5.41, 5.74) is 10.9. The van der Waals surface area contributed by atoms with E-state index in [0.717, 1.165) is 89.0 Å². The molecule has 10 aromatic rings. The maximum Gasteiger partial charge on any atom is 0.131 e. The summed E-state index contributed by atoms with van der Waals surface area (Å²) in [4.78, 5) is 19.0. The topological polar surface area (TPSA) is 80.6 Å². The summed E-state index contributed by atoms with van der Waals surface area (Å²) in [5.74, 6) is 0. The van der Waals surface area contributed by atoms with E-state index in [9.17, 15) is 5.11 Å². The third-order valence-corrected chi connectivity index (χ3v) is 11.5. The Hall–Kier alpha value is -8.26. The van der Waals surface area contributed by atoms with Crippen molar-refractivity contribution < 1.29 is 5.11 Å². The molecule has 2 heterocycles. The Morgan fingerprint density at radius 3 is 1.39 bits per heavy atom. The minimum atomic E-state index is -1.23. The first-order valence-corrected chi connectivity index (χ1v) is 21.5. The van der Waals surface area contributed by atoms with Gasteiger partial charge in [-0.2, -0.15) is 0 Å². The number of benzene rings is 8. The number of fused-ring (bicyclic) bond motifs is 2. The molecule has 7 nitrogen and oxygen atoms in total. The minimum Gasteiger partial charge on any atom is -0.379 e. The average Bonchev–Trinajstić information content (AvgIpc) is 4.01. The molecule has 0 amide bonds. The monoisotopic (exact) mass is 876 g/mol. The molecule has 0 saturated carbocycles. The Kier molecular flexibility index (Phi) is 14.4. The fourth-order valence-electron chi connectivity index (χ4n) is 8.09. The summed E-state index contributed by atoms with van der Waals surface area (Å²) in [6.45, 7) is 6.12. The molecule has 0 aliphatic carbocycles. The second-order valence-electron chi connectivity index (χ2n) is 16.2. The summed E-state index contributed by atoms with van der Waals surface area (Å²) in [6, 6.07) is 65.8. The highest BCUT2D eigenvalue weighted by atomic mass is 16.3. The molecule has 1 N–H and O–H groups in total. The highest BCUT2D eigenvalue weighted by Crippen LogP contribution is 2.36. The maximum atomic E-state index is 11.5. The number of imidazole rings is 2. The van der Waals surface area contributed by atoms with Crippen molar-refractivity contribution in [3.05, 3.63) is 271 Å². The molecule has 0 aliphatic rings. The van der Waals surface area contributed by atoms with Gasteiger partial charge in [0.2, 0.25) is 0 Å². The van der Waals surface area contributed by atoms with Crippen molar-refractivity contribution >= 4 is 49.9 Å². The van der Waals surface area contributed by atoms with Gasteiger partial charge in [0.15, 0.2) is 0 Å². The standard InChI is InChI=1S/C29H25N3O.C29H23N3.2CH4/c1-29(33,27-19-32(2)20-30-27)26-15-9-14-21-16-17-24(18-25(21)26)31-28(22-10-5-3-6-11-22)23-12-7-4-8-13-23;1-21(28-19-32(2)20-30-28)26-15-9-14-22-16-17-25(18-27(22)26)31-29(23-10-5-3-6-11-23)24-12-7-4-8-13-24;;/h3-20,33H,1-2H3;3-20H,1H2,2H3;2*1H4. The van der Waals surface area contributed by atoms with Gasteiger partial charge in [0.25, 0.3) is 0 Å². The molecular weight excluding hydrogens is 821 g/mol. The highest BCUT2D eigenvalue weighted by molar-refractivity contribution is 6.15. The molecule has 0 fully saturated rings. The molecule has 1 unspecified atom stereocenters. The molecule has 0 aliphatic heterocycles. The quantitative estimate of drug-likeness (QED) is 0.139. The maximum absolute atomic E-state index is 11.5. The van der Waals surface area contributed by atoms with Crippen LogP contribution in [-0.4, -0.2) is 35.6 Å². The first-order chi connectivity index (χ1) is 31.7. The fourth-order valence-corrected chi connectivity index (χ4v) is 8.09. The van der Waals surface area contributed by atoms with Crippen molar-refractivity contribution in [3.63, 3.8) is 0 Å². The number of hydrogen-bond acceptors (Lipinski definition) is 5. The number of aliphatic imine (C=N–C) groups is 2. The predicted molar refractivity (Wildman–Crippen MR) is 281 cm³/mol. The normalized spacial score (nSPS) is 11.5. The van der Waals surface area contributed by atoms with Gasteiger partial charge in [-0.1, -0.05) is 191 Å². The van der Waals surface area contributed by atoms with Gasteiger partial charge in [0, 0.05) is 54.3 Å². The number of hydrogen-bond donors (Lipinski definition) is 1. The van der Waals surface area contributed by atoms with E-state index < -0.39 is 5.60 Å². The SMILES string of the molecule is C.C.C=C(c1cn(C)cn1)c1cccc2ccc(N=C(c3ccccc3)c3ccccc3)cc12.Cn1cnc(C(C)(O)c2cccc3ccc(N=C(c4ccccc4)c4ccccc4)cc23)c1. The highest BCUT2D eigenvalue weighted by Gasteiger charge is 2.30. The lowest BCUT2D eigenvalue weighted by molar-refractivity contribution is 0.0994. The number of rotatable bonds is 10. The fraction of sp³-hybridized carbons (Fsp3) is 0.100. The van der Waals surface area contributed by atoms with E-state index >= 15 is 0 Å². The summed E-state index contributed by atoms with van der Waals surface area (Å²) >= 11 is 0. The zero-order valence-corrected chi connectivity index (χ0v) is 36.6. The van der Waals surface area contributed by atoms with Gasteiger partial charge in [-0.05, 0) is 63.9 Å². The molecule has 8 aromatic carbocycles. The largest absolute Gasteiger partial charge is 0.379 e. The van der Waals surface area contributed by atoms with E-state index in [0.29, 0.717) is 5.69 Å². The van der Waals surface area contributed by atoms with E-state index in [1.165, 1.54) is 0 Å². The van der Waals surface area contributed by atoms with Gasteiger partial charge in [-0.15, -0.1) is 0 Å². The summed E-state index contributed by atoms with van der Waals surface area (Å²) in [6.07, 6.45) is 7.35. The van der Waals surface area contributed by atoms with Crippen LogP contribution >= 0.6 is 0 Å². The summed E-state index contributed by atoms with van der Waals surface area (Å²) in [5, 5.41) is 15.8.